The molecule has 0 radical (unpaired) electrons. The number of carbonyl (C=O) groups excluding carboxylic acids is 1. The maximum Gasteiger partial charge on any atom is 0.475 e. The maximum atomic E-state index is 13.3. The van der Waals surface area contributed by atoms with Crippen LogP contribution in [0.25, 0.3) is 0 Å². The van der Waals surface area contributed by atoms with E-state index >= 15 is 0 Å². The molecule has 0 aliphatic carbocycles. The smallest absolute Gasteiger partial charge is 0.426 e. The number of hydrogen-bond donors (Lipinski definition) is 3. The number of benzene rings is 2. The fraction of sp³-hybridized carbons (Fsp3) is 0.364. The highest BCUT2D eigenvalue weighted by Gasteiger charge is 2.48. The molecule has 1 heterocycles. The predicted molar refractivity (Wildman–Crippen MR) is 113 cm³/mol. The minimum absolute atomic E-state index is 0.188. The molecule has 0 bridgehead atoms. The molecule has 0 saturated carbocycles. The molecule has 0 fully saturated rings. The third kappa shape index (κ3) is 5.25. The number of amides is 1. The first kappa shape index (κ1) is 21.1. The zero-order valence-corrected chi connectivity index (χ0v) is 16.8. The van der Waals surface area contributed by atoms with Crippen LogP contribution in [-0.4, -0.2) is 40.3 Å². The molecule has 152 valence electrons. The summed E-state index contributed by atoms with van der Waals surface area (Å²) in [5, 5.41) is 26.5. The SMILES string of the molecule is CC(C)CC(NC(=O)[C@]1(Cc2ccccc2)CC(c2ccccc2)=NO1)B(O)O. The Morgan fingerprint density at radius 3 is 2.34 bits per heavy atom. The van der Waals surface area contributed by atoms with Gasteiger partial charge in [0.1, 0.15) is 0 Å². The van der Waals surface area contributed by atoms with Crippen LogP contribution in [0, 0.1) is 5.92 Å². The van der Waals surface area contributed by atoms with Crippen LogP contribution in [0.4, 0.5) is 0 Å². The normalized spacial score (nSPS) is 19.4. The Morgan fingerprint density at radius 2 is 1.76 bits per heavy atom. The largest absolute Gasteiger partial charge is 0.475 e. The second kappa shape index (κ2) is 9.24. The molecular weight excluding hydrogens is 367 g/mol. The summed E-state index contributed by atoms with van der Waals surface area (Å²) < 4.78 is 0. The lowest BCUT2D eigenvalue weighted by atomic mass is 9.74. The van der Waals surface area contributed by atoms with Crippen LogP contribution in [0.2, 0.25) is 0 Å². The minimum atomic E-state index is -1.65. The molecule has 0 saturated heterocycles. The molecule has 1 aliphatic heterocycles. The minimum Gasteiger partial charge on any atom is -0.426 e. The van der Waals surface area contributed by atoms with Crippen molar-refractivity contribution in [2.24, 2.45) is 11.1 Å². The van der Waals surface area contributed by atoms with Crippen molar-refractivity contribution in [3.8, 4) is 0 Å². The summed E-state index contributed by atoms with van der Waals surface area (Å²) in [5.41, 5.74) is 1.30. The molecule has 2 aromatic rings. The quantitative estimate of drug-likeness (QED) is 0.600. The topological polar surface area (TPSA) is 91.2 Å². The fourth-order valence-corrected chi connectivity index (χ4v) is 3.55. The van der Waals surface area contributed by atoms with Gasteiger partial charge in [0.15, 0.2) is 0 Å². The van der Waals surface area contributed by atoms with Crippen molar-refractivity contribution in [3.05, 3.63) is 71.8 Å². The van der Waals surface area contributed by atoms with Crippen molar-refractivity contribution >= 4 is 18.7 Å². The summed E-state index contributed by atoms with van der Waals surface area (Å²) in [4.78, 5) is 19.1. The van der Waals surface area contributed by atoms with E-state index in [-0.39, 0.29) is 5.92 Å². The van der Waals surface area contributed by atoms with Crippen LogP contribution in [0.5, 0.6) is 0 Å². The van der Waals surface area contributed by atoms with Gasteiger partial charge in [-0.15, -0.1) is 0 Å². The van der Waals surface area contributed by atoms with Crippen LogP contribution < -0.4 is 5.32 Å². The monoisotopic (exact) mass is 394 g/mol. The number of oxime groups is 1. The van der Waals surface area contributed by atoms with Gasteiger partial charge in [-0.3, -0.25) is 4.79 Å². The summed E-state index contributed by atoms with van der Waals surface area (Å²) in [6.07, 6.45) is 1.07. The number of carbonyl (C=O) groups is 1. The Hall–Kier alpha value is -2.64. The zero-order chi connectivity index (χ0) is 20.9. The highest BCUT2D eigenvalue weighted by Crippen LogP contribution is 2.31. The molecule has 1 amide bonds. The first-order chi connectivity index (χ1) is 13.9. The molecule has 1 unspecified atom stereocenters. The van der Waals surface area contributed by atoms with Gasteiger partial charge in [0, 0.05) is 12.8 Å². The van der Waals surface area contributed by atoms with Gasteiger partial charge in [0.2, 0.25) is 5.60 Å². The Labute approximate surface area is 171 Å². The molecule has 2 aromatic carbocycles. The standard InChI is InChI=1S/C22H27BN2O4/c1-16(2)13-20(23(27)28)24-21(26)22(14-17-9-5-3-6-10-17)15-19(25-29-22)18-11-7-4-8-12-18/h3-12,16,20,27-28H,13-15H2,1-2H3,(H,24,26)/t20?,22-/m0/s1. The van der Waals surface area contributed by atoms with Gasteiger partial charge in [0.25, 0.3) is 5.91 Å². The molecule has 7 heteroatoms. The summed E-state index contributed by atoms with van der Waals surface area (Å²) >= 11 is 0. The second-order valence-corrected chi connectivity index (χ2v) is 7.95. The van der Waals surface area contributed by atoms with Crippen molar-refractivity contribution in [2.75, 3.05) is 0 Å². The Balaban J connectivity index is 1.85. The van der Waals surface area contributed by atoms with E-state index in [1.54, 1.807) is 0 Å². The lowest BCUT2D eigenvalue weighted by Crippen LogP contribution is -2.56. The van der Waals surface area contributed by atoms with E-state index in [4.69, 9.17) is 4.84 Å². The number of rotatable bonds is 8. The van der Waals surface area contributed by atoms with Crippen molar-refractivity contribution < 1.29 is 19.7 Å². The summed E-state index contributed by atoms with van der Waals surface area (Å²) in [6.45, 7) is 3.92. The van der Waals surface area contributed by atoms with Gasteiger partial charge in [-0.25, -0.2) is 0 Å². The molecular formula is C22H27BN2O4. The Kier molecular flexibility index (Phi) is 6.72. The first-order valence-corrected chi connectivity index (χ1v) is 9.91. The van der Waals surface area contributed by atoms with E-state index in [0.29, 0.717) is 25.0 Å². The van der Waals surface area contributed by atoms with Crippen LogP contribution in [0.1, 0.15) is 37.8 Å². The summed E-state index contributed by atoms with van der Waals surface area (Å²) in [5.74, 6) is -0.984. The molecule has 2 atom stereocenters. The van der Waals surface area contributed by atoms with E-state index in [9.17, 15) is 14.8 Å². The fourth-order valence-electron chi connectivity index (χ4n) is 3.55. The van der Waals surface area contributed by atoms with Crippen molar-refractivity contribution in [2.45, 2.75) is 44.7 Å². The van der Waals surface area contributed by atoms with E-state index in [0.717, 1.165) is 11.1 Å². The molecule has 0 aromatic heterocycles. The lowest BCUT2D eigenvalue weighted by molar-refractivity contribution is -0.144. The summed E-state index contributed by atoms with van der Waals surface area (Å²) in [7, 11) is -1.65. The van der Waals surface area contributed by atoms with Gasteiger partial charge in [-0.05, 0) is 23.5 Å². The maximum absolute atomic E-state index is 13.3. The van der Waals surface area contributed by atoms with Gasteiger partial charge < -0.3 is 20.2 Å². The highest BCUT2D eigenvalue weighted by atomic mass is 16.7. The van der Waals surface area contributed by atoms with Gasteiger partial charge in [-0.2, -0.15) is 0 Å². The third-order valence-electron chi connectivity index (χ3n) is 5.04. The second-order valence-electron chi connectivity index (χ2n) is 7.95. The Bertz CT molecular complexity index is 842. The average Bonchev–Trinajstić information content (AvgIpc) is 3.14. The number of nitrogens with one attached hydrogen (secondary N) is 1. The van der Waals surface area contributed by atoms with E-state index in [1.165, 1.54) is 0 Å². The van der Waals surface area contributed by atoms with Crippen LogP contribution in [-0.2, 0) is 16.1 Å². The summed E-state index contributed by atoms with van der Waals surface area (Å²) in [6, 6.07) is 19.2. The number of hydrogen-bond acceptors (Lipinski definition) is 5. The molecule has 3 N–H and O–H groups in total. The van der Waals surface area contributed by atoms with Gasteiger partial charge in [0.05, 0.1) is 11.7 Å². The van der Waals surface area contributed by atoms with Gasteiger partial charge >= 0.3 is 7.12 Å². The van der Waals surface area contributed by atoms with E-state index < -0.39 is 24.6 Å². The third-order valence-corrected chi connectivity index (χ3v) is 5.04. The average molecular weight is 394 g/mol. The molecule has 0 spiro atoms. The van der Waals surface area contributed by atoms with Crippen molar-refractivity contribution in [3.63, 3.8) is 0 Å². The number of nitrogens with zero attached hydrogens (tertiary/aromatic N) is 1. The lowest BCUT2D eigenvalue weighted by Gasteiger charge is -2.29. The zero-order valence-electron chi connectivity index (χ0n) is 16.8. The van der Waals surface area contributed by atoms with E-state index in [2.05, 4.69) is 10.5 Å². The molecule has 6 nitrogen and oxygen atoms in total. The van der Waals surface area contributed by atoms with Crippen LogP contribution in [0.3, 0.4) is 0 Å². The first-order valence-electron chi connectivity index (χ1n) is 9.91. The van der Waals surface area contributed by atoms with Gasteiger partial charge in [-0.1, -0.05) is 79.7 Å². The van der Waals surface area contributed by atoms with Crippen LogP contribution >= 0.6 is 0 Å². The molecule has 1 aliphatic rings. The van der Waals surface area contributed by atoms with Crippen molar-refractivity contribution in [1.82, 2.24) is 5.32 Å². The molecule has 29 heavy (non-hydrogen) atoms. The predicted octanol–water partition coefficient (Wildman–Crippen LogP) is 2.34. The molecule has 3 rings (SSSR count). The Morgan fingerprint density at radius 1 is 1.14 bits per heavy atom. The highest BCUT2D eigenvalue weighted by molar-refractivity contribution is 6.43. The van der Waals surface area contributed by atoms with E-state index in [1.807, 2.05) is 74.5 Å². The van der Waals surface area contributed by atoms with Crippen LogP contribution in [0.15, 0.2) is 65.8 Å². The van der Waals surface area contributed by atoms with Crippen molar-refractivity contribution in [1.29, 1.82) is 0 Å².